The second kappa shape index (κ2) is 2.29. The van der Waals surface area contributed by atoms with Crippen LogP contribution < -0.4 is 0 Å². The zero-order chi connectivity index (χ0) is 9.76. The molecule has 3 rings (SSSR count). The summed E-state index contributed by atoms with van der Waals surface area (Å²) in [6, 6.07) is 3.69. The fraction of sp³-hybridized carbons (Fsp3) is 0.111. The number of hydrogen-bond donors (Lipinski definition) is 0. The summed E-state index contributed by atoms with van der Waals surface area (Å²) in [7, 11) is 0.472. The zero-order valence-electron chi connectivity index (χ0n) is 7.32. The van der Waals surface area contributed by atoms with Crippen LogP contribution in [0.5, 0.6) is 0 Å². The van der Waals surface area contributed by atoms with E-state index >= 15 is 0 Å². The van der Waals surface area contributed by atoms with Gasteiger partial charge in [-0.15, -0.1) is 0 Å². The molecule has 0 spiro atoms. The molecule has 0 fully saturated rings. The monoisotopic (exact) mass is 192 g/mol. The fourth-order valence-corrected chi connectivity index (χ4v) is 1.83. The maximum Gasteiger partial charge on any atom is 0.365 e. The summed E-state index contributed by atoms with van der Waals surface area (Å²) in [5, 5.41) is 0. The summed E-state index contributed by atoms with van der Waals surface area (Å²) in [6.45, 7) is 0. The minimum Gasteiger partial charge on any atom is -0.375 e. The Morgan fingerprint density at radius 3 is 3.07 bits per heavy atom. The number of rotatable bonds is 0. The summed E-state index contributed by atoms with van der Waals surface area (Å²) in [6.07, 6.45) is 5.79. The number of allylic oxidation sites excluding steroid dienone is 1. The molecule has 2 nitrogen and oxygen atoms in total. The maximum atomic E-state index is 13.3. The highest BCUT2D eigenvalue weighted by Gasteiger charge is 2.41. The van der Waals surface area contributed by atoms with Crippen molar-refractivity contribution in [1.82, 2.24) is 9.29 Å². The lowest BCUT2D eigenvalue weighted by molar-refractivity contribution is 0.0929. The van der Waals surface area contributed by atoms with Crippen molar-refractivity contribution in [2.24, 2.45) is 0 Å². The van der Waals surface area contributed by atoms with Crippen molar-refractivity contribution in [1.29, 1.82) is 0 Å². The SMILES string of the molecule is FC1(F)C=CN2Bn3cccc3C=C21. The number of nitrogens with zero attached hydrogens (tertiary/aromatic N) is 2. The second-order valence-electron chi connectivity index (χ2n) is 3.48. The molecule has 0 radical (unpaired) electrons. The lowest BCUT2D eigenvalue weighted by atomic mass is 10.0. The smallest absolute Gasteiger partial charge is 0.365 e. The van der Waals surface area contributed by atoms with Crippen molar-refractivity contribution >= 4 is 13.6 Å². The fourth-order valence-electron chi connectivity index (χ4n) is 1.83. The van der Waals surface area contributed by atoms with E-state index in [0.29, 0.717) is 7.55 Å². The molecule has 0 saturated carbocycles. The molecule has 1 aromatic heterocycles. The standard InChI is InChI=1S/C9H7BF2N2/c11-9(12)3-5-14-8(9)6-7-2-1-4-13(7)10-14/h1-6,10H. The molecule has 0 unspecified atom stereocenters. The van der Waals surface area contributed by atoms with Crippen LogP contribution in [0.3, 0.4) is 0 Å². The summed E-state index contributed by atoms with van der Waals surface area (Å²) >= 11 is 0. The Bertz CT molecular complexity index is 447. The molecule has 0 saturated heterocycles. The van der Waals surface area contributed by atoms with Crippen LogP contribution in [0.25, 0.3) is 6.08 Å². The Hall–Kier alpha value is -1.52. The van der Waals surface area contributed by atoms with Crippen LogP contribution in [0.15, 0.2) is 36.3 Å². The zero-order valence-corrected chi connectivity index (χ0v) is 7.32. The van der Waals surface area contributed by atoms with Gasteiger partial charge >= 0.3 is 13.5 Å². The molecule has 0 amide bonds. The molecule has 0 aromatic carbocycles. The van der Waals surface area contributed by atoms with Crippen LogP contribution in [0.2, 0.25) is 0 Å². The molecule has 0 N–H and O–H groups in total. The lowest BCUT2D eigenvalue weighted by Gasteiger charge is -2.26. The van der Waals surface area contributed by atoms with E-state index in [2.05, 4.69) is 0 Å². The molecule has 2 aliphatic rings. The molecule has 0 atom stereocenters. The average Bonchev–Trinajstić information content (AvgIpc) is 2.69. The minimum absolute atomic E-state index is 0.0729. The highest BCUT2D eigenvalue weighted by molar-refractivity contribution is 6.33. The van der Waals surface area contributed by atoms with Gasteiger partial charge in [0, 0.05) is 11.8 Å². The topological polar surface area (TPSA) is 8.17 Å². The van der Waals surface area contributed by atoms with E-state index in [4.69, 9.17) is 0 Å². The van der Waals surface area contributed by atoms with E-state index < -0.39 is 5.92 Å². The highest BCUT2D eigenvalue weighted by atomic mass is 19.3. The van der Waals surface area contributed by atoms with E-state index in [0.717, 1.165) is 11.8 Å². The Kier molecular flexibility index (Phi) is 1.28. The summed E-state index contributed by atoms with van der Waals surface area (Å²) < 4.78 is 28.5. The third kappa shape index (κ3) is 0.894. The van der Waals surface area contributed by atoms with Gasteiger partial charge in [0.05, 0.1) is 5.70 Å². The normalized spacial score (nSPS) is 21.3. The van der Waals surface area contributed by atoms with Gasteiger partial charge < -0.3 is 9.29 Å². The predicted octanol–water partition coefficient (Wildman–Crippen LogP) is 1.42. The van der Waals surface area contributed by atoms with E-state index in [-0.39, 0.29) is 5.70 Å². The third-order valence-corrected chi connectivity index (χ3v) is 2.57. The van der Waals surface area contributed by atoms with Gasteiger partial charge in [-0.1, -0.05) is 0 Å². The summed E-state index contributed by atoms with van der Waals surface area (Å²) in [4.78, 5) is 1.56. The van der Waals surface area contributed by atoms with Crippen molar-refractivity contribution < 1.29 is 8.78 Å². The number of halogens is 2. The molecule has 5 heteroatoms. The number of hydrogen-bond acceptors (Lipinski definition) is 1. The molecule has 2 aliphatic heterocycles. The van der Waals surface area contributed by atoms with Crippen molar-refractivity contribution in [2.45, 2.75) is 5.92 Å². The van der Waals surface area contributed by atoms with E-state index in [1.165, 1.54) is 12.3 Å². The van der Waals surface area contributed by atoms with Crippen LogP contribution >= 0.6 is 0 Å². The Morgan fingerprint density at radius 2 is 2.21 bits per heavy atom. The van der Waals surface area contributed by atoms with Gasteiger partial charge in [-0.2, -0.15) is 8.78 Å². The Morgan fingerprint density at radius 1 is 1.36 bits per heavy atom. The first kappa shape index (κ1) is 7.85. The highest BCUT2D eigenvalue weighted by Crippen LogP contribution is 2.37. The molecule has 1 aromatic rings. The number of aromatic nitrogens is 1. The summed E-state index contributed by atoms with van der Waals surface area (Å²) in [5.74, 6) is -2.81. The van der Waals surface area contributed by atoms with Crippen molar-refractivity contribution in [2.75, 3.05) is 0 Å². The van der Waals surface area contributed by atoms with Crippen molar-refractivity contribution in [3.05, 3.63) is 42.0 Å². The van der Waals surface area contributed by atoms with E-state index in [1.54, 1.807) is 4.81 Å². The second-order valence-corrected chi connectivity index (χ2v) is 3.48. The van der Waals surface area contributed by atoms with E-state index in [1.807, 2.05) is 22.8 Å². The van der Waals surface area contributed by atoms with Crippen LogP contribution in [0, 0.1) is 0 Å². The molecule has 14 heavy (non-hydrogen) atoms. The van der Waals surface area contributed by atoms with Gasteiger partial charge in [-0.3, -0.25) is 0 Å². The first-order valence-corrected chi connectivity index (χ1v) is 4.38. The Labute approximate surface area is 80.4 Å². The first-order valence-electron chi connectivity index (χ1n) is 4.38. The van der Waals surface area contributed by atoms with Crippen LogP contribution in [-0.2, 0) is 0 Å². The summed E-state index contributed by atoms with van der Waals surface area (Å²) in [5.41, 5.74) is 0.906. The van der Waals surface area contributed by atoms with Crippen molar-refractivity contribution in [3.63, 3.8) is 0 Å². The van der Waals surface area contributed by atoms with Crippen LogP contribution in [0.4, 0.5) is 8.78 Å². The first-order chi connectivity index (χ1) is 6.67. The number of fused-ring (bicyclic) bond motifs is 2. The van der Waals surface area contributed by atoms with Crippen molar-refractivity contribution in [3.8, 4) is 0 Å². The van der Waals surface area contributed by atoms with E-state index in [9.17, 15) is 8.78 Å². The average molecular weight is 192 g/mol. The van der Waals surface area contributed by atoms with Gasteiger partial charge in [-0.05, 0) is 30.6 Å². The molecular formula is C9H7BF2N2. The minimum atomic E-state index is -2.81. The Balaban J connectivity index is 2.14. The van der Waals surface area contributed by atoms with Gasteiger partial charge in [0.25, 0.3) is 0 Å². The van der Waals surface area contributed by atoms with Crippen LogP contribution in [0.1, 0.15) is 5.69 Å². The number of alkyl halides is 2. The maximum absolute atomic E-state index is 13.3. The largest absolute Gasteiger partial charge is 0.375 e. The van der Waals surface area contributed by atoms with Gasteiger partial charge in [0.15, 0.2) is 0 Å². The third-order valence-electron chi connectivity index (χ3n) is 2.57. The molecule has 70 valence electrons. The predicted molar refractivity (Wildman–Crippen MR) is 50.9 cm³/mol. The van der Waals surface area contributed by atoms with Gasteiger partial charge in [-0.25, -0.2) is 0 Å². The van der Waals surface area contributed by atoms with Gasteiger partial charge in [0.1, 0.15) is 0 Å². The van der Waals surface area contributed by atoms with Gasteiger partial charge in [0.2, 0.25) is 0 Å². The molecule has 3 heterocycles. The quantitative estimate of drug-likeness (QED) is 0.564. The molecule has 0 bridgehead atoms. The molecule has 0 aliphatic carbocycles. The van der Waals surface area contributed by atoms with Crippen LogP contribution in [-0.4, -0.2) is 22.8 Å². The lowest BCUT2D eigenvalue weighted by Crippen LogP contribution is -2.33. The molecular weight excluding hydrogens is 185 g/mol.